The predicted octanol–water partition coefficient (Wildman–Crippen LogP) is 4.62. The summed E-state index contributed by atoms with van der Waals surface area (Å²) in [6.45, 7) is 2.13. The molecule has 17 heavy (non-hydrogen) atoms. The summed E-state index contributed by atoms with van der Waals surface area (Å²) in [5.74, 6) is 0. The number of hydrogen-bond donors (Lipinski definition) is 1. The first-order valence-corrected chi connectivity index (χ1v) is 7.62. The van der Waals surface area contributed by atoms with Crippen molar-refractivity contribution in [1.82, 2.24) is 5.32 Å². The summed E-state index contributed by atoms with van der Waals surface area (Å²) in [4.78, 5) is 1.33. The fourth-order valence-corrected chi connectivity index (χ4v) is 3.09. The van der Waals surface area contributed by atoms with Gasteiger partial charge in [-0.3, -0.25) is 0 Å². The standard InChI is InChI=1S/C13H13ClINS/c1-8-5-10(7-17-8)13(16-2)9-3-4-12(15)11(14)6-9/h3-7,13,16H,1-2H3. The largest absolute Gasteiger partial charge is 0.309 e. The number of nitrogens with one attached hydrogen (secondary N) is 1. The molecule has 0 radical (unpaired) electrons. The SMILES string of the molecule is CNC(c1csc(C)c1)c1ccc(I)c(Cl)c1. The molecule has 90 valence electrons. The van der Waals surface area contributed by atoms with Crippen LogP contribution < -0.4 is 5.32 Å². The molecule has 2 rings (SSSR count). The smallest absolute Gasteiger partial charge is 0.0583 e. The number of aryl methyl sites for hydroxylation is 1. The van der Waals surface area contributed by atoms with Gasteiger partial charge >= 0.3 is 0 Å². The lowest BCUT2D eigenvalue weighted by Gasteiger charge is -2.16. The maximum Gasteiger partial charge on any atom is 0.0583 e. The van der Waals surface area contributed by atoms with Gasteiger partial charge in [0.25, 0.3) is 0 Å². The van der Waals surface area contributed by atoms with E-state index in [1.165, 1.54) is 16.0 Å². The minimum Gasteiger partial charge on any atom is -0.309 e. The highest BCUT2D eigenvalue weighted by molar-refractivity contribution is 14.1. The van der Waals surface area contributed by atoms with Crippen LogP contribution >= 0.6 is 45.5 Å². The zero-order chi connectivity index (χ0) is 12.4. The van der Waals surface area contributed by atoms with Gasteiger partial charge in [-0.05, 0) is 71.3 Å². The monoisotopic (exact) mass is 377 g/mol. The van der Waals surface area contributed by atoms with Crippen molar-refractivity contribution in [3.63, 3.8) is 0 Å². The van der Waals surface area contributed by atoms with Crippen molar-refractivity contribution in [3.8, 4) is 0 Å². The van der Waals surface area contributed by atoms with E-state index in [9.17, 15) is 0 Å². The molecule has 0 aliphatic rings. The lowest BCUT2D eigenvalue weighted by Crippen LogP contribution is -2.17. The van der Waals surface area contributed by atoms with E-state index in [1.807, 2.05) is 13.1 Å². The number of halogens is 2. The first kappa shape index (κ1) is 13.3. The van der Waals surface area contributed by atoms with Gasteiger partial charge in [0.2, 0.25) is 0 Å². The zero-order valence-electron chi connectivity index (χ0n) is 9.63. The van der Waals surface area contributed by atoms with Crippen molar-refractivity contribution >= 4 is 45.5 Å². The first-order valence-electron chi connectivity index (χ1n) is 5.29. The van der Waals surface area contributed by atoms with Crippen molar-refractivity contribution in [3.05, 3.63) is 54.2 Å². The Morgan fingerprint density at radius 3 is 2.59 bits per heavy atom. The molecule has 1 N–H and O–H groups in total. The van der Waals surface area contributed by atoms with E-state index in [4.69, 9.17) is 11.6 Å². The molecule has 1 aromatic heterocycles. The topological polar surface area (TPSA) is 12.0 Å². The molecule has 1 atom stereocenters. The predicted molar refractivity (Wildman–Crippen MR) is 84.1 cm³/mol. The van der Waals surface area contributed by atoms with Gasteiger partial charge in [-0.1, -0.05) is 17.7 Å². The molecule has 1 aromatic carbocycles. The Morgan fingerprint density at radius 1 is 1.29 bits per heavy atom. The highest BCUT2D eigenvalue weighted by atomic mass is 127. The number of thiophene rings is 1. The molecule has 1 heterocycles. The van der Waals surface area contributed by atoms with E-state index in [0.29, 0.717) is 0 Å². The van der Waals surface area contributed by atoms with Gasteiger partial charge in [0.15, 0.2) is 0 Å². The molecule has 0 saturated heterocycles. The molecular weight excluding hydrogens is 365 g/mol. The quantitative estimate of drug-likeness (QED) is 0.769. The van der Waals surface area contributed by atoms with Crippen molar-refractivity contribution in [2.45, 2.75) is 13.0 Å². The van der Waals surface area contributed by atoms with Gasteiger partial charge in [0, 0.05) is 8.45 Å². The van der Waals surface area contributed by atoms with E-state index in [1.54, 1.807) is 11.3 Å². The highest BCUT2D eigenvalue weighted by Gasteiger charge is 2.14. The first-order chi connectivity index (χ1) is 8.11. The average Bonchev–Trinajstić information content (AvgIpc) is 2.71. The Kier molecular flexibility index (Phi) is 4.47. The summed E-state index contributed by atoms with van der Waals surface area (Å²) < 4.78 is 1.09. The summed E-state index contributed by atoms with van der Waals surface area (Å²) in [7, 11) is 1.98. The van der Waals surface area contributed by atoms with Gasteiger partial charge < -0.3 is 5.32 Å². The molecule has 0 fully saturated rings. The number of hydrogen-bond acceptors (Lipinski definition) is 2. The minimum atomic E-state index is 0.217. The fraction of sp³-hybridized carbons (Fsp3) is 0.231. The molecule has 2 aromatic rings. The molecule has 1 nitrogen and oxygen atoms in total. The summed E-state index contributed by atoms with van der Waals surface area (Å²) in [6.07, 6.45) is 0. The van der Waals surface area contributed by atoms with E-state index in [2.05, 4.69) is 58.4 Å². The van der Waals surface area contributed by atoms with Gasteiger partial charge in [0.1, 0.15) is 0 Å². The Hall–Kier alpha value is -0.100. The molecule has 0 saturated carbocycles. The molecule has 0 aliphatic heterocycles. The summed E-state index contributed by atoms with van der Waals surface area (Å²) in [6, 6.07) is 8.66. The average molecular weight is 378 g/mol. The van der Waals surface area contributed by atoms with Crippen LogP contribution in [0.3, 0.4) is 0 Å². The lowest BCUT2D eigenvalue weighted by atomic mass is 10.0. The number of rotatable bonds is 3. The second kappa shape index (κ2) is 5.69. The lowest BCUT2D eigenvalue weighted by molar-refractivity contribution is 0.694. The molecule has 0 amide bonds. The molecule has 0 aliphatic carbocycles. The van der Waals surface area contributed by atoms with Crippen LogP contribution in [-0.2, 0) is 0 Å². The Morgan fingerprint density at radius 2 is 2.06 bits per heavy atom. The van der Waals surface area contributed by atoms with Crippen molar-refractivity contribution in [1.29, 1.82) is 0 Å². The maximum atomic E-state index is 6.17. The zero-order valence-corrected chi connectivity index (χ0v) is 13.4. The summed E-state index contributed by atoms with van der Waals surface area (Å²) >= 11 is 10.2. The Bertz CT molecular complexity index is 524. The molecule has 0 bridgehead atoms. The fourth-order valence-electron chi connectivity index (χ4n) is 1.83. The van der Waals surface area contributed by atoms with Gasteiger partial charge in [0.05, 0.1) is 11.1 Å². The van der Waals surface area contributed by atoms with Gasteiger partial charge in [-0.25, -0.2) is 0 Å². The van der Waals surface area contributed by atoms with Crippen LogP contribution in [0.15, 0.2) is 29.6 Å². The van der Waals surface area contributed by atoms with Crippen molar-refractivity contribution in [2.24, 2.45) is 0 Å². The van der Waals surface area contributed by atoms with Crippen molar-refractivity contribution in [2.75, 3.05) is 7.05 Å². The molecular formula is C13H13ClINS. The number of benzene rings is 1. The highest BCUT2D eigenvalue weighted by Crippen LogP contribution is 2.29. The Balaban J connectivity index is 2.38. The second-order valence-corrected chi connectivity index (χ2v) is 6.57. The van der Waals surface area contributed by atoms with Crippen LogP contribution in [0.2, 0.25) is 5.02 Å². The van der Waals surface area contributed by atoms with Crippen LogP contribution in [0.1, 0.15) is 22.0 Å². The minimum absolute atomic E-state index is 0.217. The summed E-state index contributed by atoms with van der Waals surface area (Å²) in [5, 5.41) is 6.35. The third-order valence-corrected chi connectivity index (χ3v) is 5.10. The summed E-state index contributed by atoms with van der Waals surface area (Å²) in [5.41, 5.74) is 2.50. The Labute approximate surface area is 124 Å². The van der Waals surface area contributed by atoms with Crippen molar-refractivity contribution < 1.29 is 0 Å². The molecule has 1 unspecified atom stereocenters. The van der Waals surface area contributed by atoms with E-state index >= 15 is 0 Å². The maximum absolute atomic E-state index is 6.17. The van der Waals surface area contributed by atoms with E-state index in [0.717, 1.165) is 8.59 Å². The van der Waals surface area contributed by atoms with E-state index < -0.39 is 0 Å². The van der Waals surface area contributed by atoms with Crippen LogP contribution in [0.25, 0.3) is 0 Å². The van der Waals surface area contributed by atoms with Gasteiger partial charge in [-0.15, -0.1) is 11.3 Å². The van der Waals surface area contributed by atoms with Crippen LogP contribution in [0, 0.1) is 10.5 Å². The third kappa shape index (κ3) is 3.02. The van der Waals surface area contributed by atoms with Crippen LogP contribution in [0.5, 0.6) is 0 Å². The molecule has 4 heteroatoms. The third-order valence-electron chi connectivity index (χ3n) is 2.65. The van der Waals surface area contributed by atoms with Gasteiger partial charge in [-0.2, -0.15) is 0 Å². The molecule has 0 spiro atoms. The second-order valence-electron chi connectivity index (χ2n) is 3.89. The van der Waals surface area contributed by atoms with Crippen LogP contribution in [0.4, 0.5) is 0 Å². The van der Waals surface area contributed by atoms with E-state index in [-0.39, 0.29) is 6.04 Å². The van der Waals surface area contributed by atoms with Crippen LogP contribution in [-0.4, -0.2) is 7.05 Å². The normalized spacial score (nSPS) is 12.7.